The average molecular weight is 164 g/mol. The van der Waals surface area contributed by atoms with Crippen molar-refractivity contribution in [2.24, 2.45) is 7.05 Å². The largest absolute Gasteiger partial charge is 0.381 e. The van der Waals surface area contributed by atoms with Crippen molar-refractivity contribution in [3.05, 3.63) is 18.5 Å². The van der Waals surface area contributed by atoms with Crippen LogP contribution in [0.15, 0.2) is 18.5 Å². The lowest BCUT2D eigenvalue weighted by molar-refractivity contribution is 0.686. The van der Waals surface area contributed by atoms with Crippen molar-refractivity contribution in [1.82, 2.24) is 24.8 Å². The molecule has 0 aliphatic carbocycles. The first kappa shape index (κ1) is 6.84. The van der Waals surface area contributed by atoms with Crippen molar-refractivity contribution < 1.29 is 0 Å². The third-order valence-electron chi connectivity index (χ3n) is 1.41. The molecule has 2 aromatic rings. The fourth-order valence-corrected chi connectivity index (χ4v) is 0.895. The summed E-state index contributed by atoms with van der Waals surface area (Å²) >= 11 is 0. The topological polar surface area (TPSA) is 74.5 Å². The third kappa shape index (κ3) is 1.03. The van der Waals surface area contributed by atoms with Crippen molar-refractivity contribution in [1.29, 1.82) is 0 Å². The van der Waals surface area contributed by atoms with E-state index in [1.54, 1.807) is 10.7 Å². The first-order valence-electron chi connectivity index (χ1n) is 3.43. The minimum Gasteiger partial charge on any atom is -0.381 e. The second-order valence-electron chi connectivity index (χ2n) is 2.41. The van der Waals surface area contributed by atoms with E-state index in [1.165, 1.54) is 11.0 Å². The van der Waals surface area contributed by atoms with Crippen LogP contribution in [0.25, 0.3) is 5.82 Å². The molecule has 0 amide bonds. The molecule has 62 valence electrons. The van der Waals surface area contributed by atoms with E-state index in [4.69, 9.17) is 5.73 Å². The Bertz CT molecular complexity index is 348. The van der Waals surface area contributed by atoms with Crippen LogP contribution in [-0.2, 0) is 7.05 Å². The van der Waals surface area contributed by atoms with Crippen LogP contribution < -0.4 is 5.73 Å². The Kier molecular flexibility index (Phi) is 1.33. The zero-order valence-electron chi connectivity index (χ0n) is 6.55. The molecule has 0 fully saturated rings. The molecule has 0 saturated carbocycles. The quantitative estimate of drug-likeness (QED) is 0.621. The molecule has 0 bridgehead atoms. The van der Waals surface area contributed by atoms with Crippen LogP contribution in [0, 0.1) is 0 Å². The fraction of sp³-hybridized carbons (Fsp3) is 0.167. The summed E-state index contributed by atoms with van der Waals surface area (Å²) in [6.45, 7) is 0. The smallest absolute Gasteiger partial charge is 0.195 e. The number of anilines is 1. The van der Waals surface area contributed by atoms with E-state index in [2.05, 4.69) is 15.3 Å². The van der Waals surface area contributed by atoms with Gasteiger partial charge in [0, 0.05) is 19.3 Å². The summed E-state index contributed by atoms with van der Waals surface area (Å²) < 4.78 is 1.68. The van der Waals surface area contributed by atoms with Gasteiger partial charge in [-0.15, -0.1) is 9.90 Å². The van der Waals surface area contributed by atoms with Gasteiger partial charge in [-0.05, 0) is 0 Å². The molecule has 0 unspecified atom stereocenters. The molecule has 0 aliphatic rings. The van der Waals surface area contributed by atoms with Crippen molar-refractivity contribution in [2.45, 2.75) is 0 Å². The molecular formula is C6H8N6. The zero-order chi connectivity index (χ0) is 8.55. The van der Waals surface area contributed by atoms with E-state index in [-0.39, 0.29) is 0 Å². The molecule has 12 heavy (non-hydrogen) atoms. The predicted octanol–water partition coefficient (Wildman–Crippen LogP) is -0.417. The van der Waals surface area contributed by atoms with Crippen LogP contribution in [-0.4, -0.2) is 24.8 Å². The first-order valence-corrected chi connectivity index (χ1v) is 3.43. The van der Waals surface area contributed by atoms with Gasteiger partial charge in [-0.1, -0.05) is 0 Å². The van der Waals surface area contributed by atoms with Gasteiger partial charge in [0.2, 0.25) is 0 Å². The number of nitrogens with two attached hydrogens (primary N) is 1. The van der Waals surface area contributed by atoms with Crippen molar-refractivity contribution in [3.63, 3.8) is 0 Å². The standard InChI is InChI=1S/C6H8N6/c1-11-3-2-6(10-11)12-8-4-5(7)9-12/h2-4H,1H3,(H2,7,9). The molecule has 2 rings (SSSR count). The van der Waals surface area contributed by atoms with Gasteiger partial charge < -0.3 is 5.73 Å². The van der Waals surface area contributed by atoms with Gasteiger partial charge in [0.25, 0.3) is 0 Å². The highest BCUT2D eigenvalue weighted by Crippen LogP contribution is 2.00. The normalized spacial score (nSPS) is 10.4. The zero-order valence-corrected chi connectivity index (χ0v) is 6.55. The predicted molar refractivity (Wildman–Crippen MR) is 42.5 cm³/mol. The van der Waals surface area contributed by atoms with Crippen LogP contribution in [0.1, 0.15) is 0 Å². The van der Waals surface area contributed by atoms with Gasteiger partial charge in [-0.25, -0.2) is 0 Å². The summed E-state index contributed by atoms with van der Waals surface area (Å²) in [4.78, 5) is 1.38. The second-order valence-corrected chi connectivity index (χ2v) is 2.41. The molecule has 6 nitrogen and oxygen atoms in total. The Morgan fingerprint density at radius 1 is 1.42 bits per heavy atom. The molecule has 0 atom stereocenters. The van der Waals surface area contributed by atoms with Crippen LogP contribution in [0.2, 0.25) is 0 Å². The number of nitrogens with zero attached hydrogens (tertiary/aromatic N) is 5. The molecule has 2 aromatic heterocycles. The van der Waals surface area contributed by atoms with Gasteiger partial charge in [-0.3, -0.25) is 4.68 Å². The van der Waals surface area contributed by atoms with Crippen LogP contribution >= 0.6 is 0 Å². The fourth-order valence-electron chi connectivity index (χ4n) is 0.895. The Hall–Kier alpha value is -1.85. The number of aryl methyl sites for hydroxylation is 1. The van der Waals surface area contributed by atoms with Crippen LogP contribution in [0.4, 0.5) is 5.82 Å². The van der Waals surface area contributed by atoms with E-state index in [0.29, 0.717) is 11.6 Å². The molecular weight excluding hydrogens is 156 g/mol. The van der Waals surface area contributed by atoms with Gasteiger partial charge >= 0.3 is 0 Å². The highest BCUT2D eigenvalue weighted by molar-refractivity contribution is 5.24. The number of aromatic nitrogens is 5. The third-order valence-corrected chi connectivity index (χ3v) is 1.41. The number of hydrogen-bond acceptors (Lipinski definition) is 4. The van der Waals surface area contributed by atoms with Crippen LogP contribution in [0.5, 0.6) is 0 Å². The summed E-state index contributed by atoms with van der Waals surface area (Å²) in [5, 5.41) is 11.9. The molecule has 0 radical (unpaired) electrons. The molecule has 6 heteroatoms. The lowest BCUT2D eigenvalue weighted by Crippen LogP contribution is -2.01. The summed E-state index contributed by atoms with van der Waals surface area (Å²) in [5.41, 5.74) is 5.39. The molecule has 0 spiro atoms. The van der Waals surface area contributed by atoms with Crippen molar-refractivity contribution in [2.75, 3.05) is 5.73 Å². The highest BCUT2D eigenvalue weighted by Gasteiger charge is 2.01. The summed E-state index contributed by atoms with van der Waals surface area (Å²) in [7, 11) is 1.83. The minimum atomic E-state index is 0.389. The van der Waals surface area contributed by atoms with Crippen molar-refractivity contribution in [3.8, 4) is 5.82 Å². The van der Waals surface area contributed by atoms with E-state index < -0.39 is 0 Å². The Morgan fingerprint density at radius 3 is 2.75 bits per heavy atom. The SMILES string of the molecule is Cn1ccc(-n2ncc(N)n2)n1. The monoisotopic (exact) mass is 164 g/mol. The number of nitrogen functional groups attached to an aromatic ring is 1. The summed E-state index contributed by atoms with van der Waals surface area (Å²) in [6.07, 6.45) is 3.30. The first-order chi connectivity index (χ1) is 5.75. The Labute approximate surface area is 68.6 Å². The van der Waals surface area contributed by atoms with E-state index in [9.17, 15) is 0 Å². The van der Waals surface area contributed by atoms with Crippen LogP contribution in [0.3, 0.4) is 0 Å². The average Bonchev–Trinajstić information content (AvgIpc) is 2.58. The minimum absolute atomic E-state index is 0.389. The molecule has 0 aromatic carbocycles. The maximum atomic E-state index is 5.39. The highest BCUT2D eigenvalue weighted by atomic mass is 15.5. The van der Waals surface area contributed by atoms with Gasteiger partial charge in [0.05, 0.1) is 6.20 Å². The van der Waals surface area contributed by atoms with Gasteiger partial charge in [-0.2, -0.15) is 10.2 Å². The molecule has 0 aliphatic heterocycles. The maximum Gasteiger partial charge on any atom is 0.195 e. The number of hydrogen-bond donors (Lipinski definition) is 1. The van der Waals surface area contributed by atoms with Gasteiger partial charge in [0.15, 0.2) is 11.6 Å². The Morgan fingerprint density at radius 2 is 2.25 bits per heavy atom. The molecule has 2 heterocycles. The molecule has 0 saturated heterocycles. The summed E-state index contributed by atoms with van der Waals surface area (Å²) in [6, 6.07) is 1.80. The second kappa shape index (κ2) is 2.33. The van der Waals surface area contributed by atoms with E-state index in [0.717, 1.165) is 0 Å². The Balaban J connectivity index is 2.43. The summed E-state index contributed by atoms with van der Waals surface area (Å²) in [5.74, 6) is 1.05. The number of rotatable bonds is 1. The lowest BCUT2D eigenvalue weighted by Gasteiger charge is -1.90. The maximum absolute atomic E-state index is 5.39. The van der Waals surface area contributed by atoms with E-state index in [1.807, 2.05) is 13.2 Å². The molecule has 2 N–H and O–H groups in total. The van der Waals surface area contributed by atoms with Gasteiger partial charge in [0.1, 0.15) is 0 Å². The lowest BCUT2D eigenvalue weighted by atomic mass is 10.7. The van der Waals surface area contributed by atoms with E-state index >= 15 is 0 Å². The van der Waals surface area contributed by atoms with Crippen molar-refractivity contribution >= 4 is 5.82 Å².